The second-order valence-electron chi connectivity index (χ2n) is 5.50. The fourth-order valence-corrected chi connectivity index (χ4v) is 2.39. The second-order valence-corrected chi connectivity index (χ2v) is 5.50. The molecular formula is C16H13F3N2O3. The van der Waals surface area contributed by atoms with E-state index < -0.39 is 24.2 Å². The van der Waals surface area contributed by atoms with Gasteiger partial charge in [0.15, 0.2) is 5.76 Å². The number of hydrogen-bond donors (Lipinski definition) is 1. The lowest BCUT2D eigenvalue weighted by atomic mass is 10.00. The molecule has 2 heterocycles. The summed E-state index contributed by atoms with van der Waals surface area (Å²) in [5.41, 5.74) is -2.13. The van der Waals surface area contributed by atoms with Gasteiger partial charge in [0, 0.05) is 0 Å². The number of carbonyl (C=O) groups excluding carboxylic acids is 1. The van der Waals surface area contributed by atoms with Crippen molar-refractivity contribution in [2.45, 2.75) is 25.2 Å². The minimum atomic E-state index is -5.08. The highest BCUT2D eigenvalue weighted by molar-refractivity contribution is 6.05. The number of rotatable bonds is 2. The zero-order chi connectivity index (χ0) is 17.5. The Kier molecular flexibility index (Phi) is 3.71. The first-order valence-corrected chi connectivity index (χ1v) is 7.04. The number of halogens is 3. The molecule has 1 unspecified atom stereocenters. The molecule has 126 valence electrons. The normalized spacial score (nSPS) is 21.0. The quantitative estimate of drug-likeness (QED) is 0.915. The van der Waals surface area contributed by atoms with Gasteiger partial charge in [0.2, 0.25) is 0 Å². The standard InChI is InChI=1S/C16H13F3N2O3/c1-10-4-6-11(7-5-10)12-9-15(23,16(17,18)19)21(20-12)14(22)13-3-2-8-24-13/h2-8,23H,9H2,1H3. The van der Waals surface area contributed by atoms with Crippen molar-refractivity contribution in [3.63, 3.8) is 0 Å². The molecule has 1 aliphatic heterocycles. The topological polar surface area (TPSA) is 66.0 Å². The van der Waals surface area contributed by atoms with Crippen LogP contribution in [0.5, 0.6) is 0 Å². The summed E-state index contributed by atoms with van der Waals surface area (Å²) >= 11 is 0. The van der Waals surface area contributed by atoms with Crippen LogP contribution in [0.3, 0.4) is 0 Å². The summed E-state index contributed by atoms with van der Waals surface area (Å²) in [6.45, 7) is 1.83. The van der Waals surface area contributed by atoms with Crippen molar-refractivity contribution in [1.82, 2.24) is 5.01 Å². The van der Waals surface area contributed by atoms with Gasteiger partial charge in [-0.1, -0.05) is 29.8 Å². The van der Waals surface area contributed by atoms with Crippen molar-refractivity contribution in [3.05, 3.63) is 59.5 Å². The zero-order valence-electron chi connectivity index (χ0n) is 12.5. The van der Waals surface area contributed by atoms with Crippen molar-refractivity contribution in [2.24, 2.45) is 5.10 Å². The minimum Gasteiger partial charge on any atom is -0.459 e. The molecule has 0 saturated carbocycles. The molecule has 2 aromatic rings. The molecule has 1 amide bonds. The van der Waals surface area contributed by atoms with Gasteiger partial charge in [-0.3, -0.25) is 4.79 Å². The number of aryl methyl sites for hydroxylation is 1. The van der Waals surface area contributed by atoms with E-state index in [4.69, 9.17) is 4.42 Å². The number of carbonyl (C=O) groups is 1. The highest BCUT2D eigenvalue weighted by atomic mass is 19.4. The van der Waals surface area contributed by atoms with Crippen molar-refractivity contribution in [1.29, 1.82) is 0 Å². The van der Waals surface area contributed by atoms with Gasteiger partial charge in [0.05, 0.1) is 18.4 Å². The predicted molar refractivity (Wildman–Crippen MR) is 78.2 cm³/mol. The number of nitrogens with zero attached hydrogens (tertiary/aromatic N) is 2. The smallest absolute Gasteiger partial charge is 0.438 e. The Morgan fingerprint density at radius 3 is 2.50 bits per heavy atom. The van der Waals surface area contributed by atoms with Crippen LogP contribution in [0.4, 0.5) is 13.2 Å². The molecule has 0 aliphatic carbocycles. The Bertz CT molecular complexity index is 782. The van der Waals surface area contributed by atoms with E-state index in [1.54, 1.807) is 24.3 Å². The van der Waals surface area contributed by atoms with Crippen molar-refractivity contribution in [3.8, 4) is 0 Å². The fraction of sp³-hybridized carbons (Fsp3) is 0.250. The Morgan fingerprint density at radius 1 is 1.29 bits per heavy atom. The zero-order valence-corrected chi connectivity index (χ0v) is 12.5. The molecule has 5 nitrogen and oxygen atoms in total. The van der Waals surface area contributed by atoms with E-state index >= 15 is 0 Å². The number of aliphatic hydroxyl groups is 1. The maximum atomic E-state index is 13.4. The maximum absolute atomic E-state index is 13.4. The number of benzene rings is 1. The molecule has 8 heteroatoms. The summed E-state index contributed by atoms with van der Waals surface area (Å²) in [5, 5.41) is 13.9. The lowest BCUT2D eigenvalue weighted by molar-refractivity contribution is -0.297. The molecular weight excluding hydrogens is 325 g/mol. The van der Waals surface area contributed by atoms with Gasteiger partial charge in [0.25, 0.3) is 5.72 Å². The van der Waals surface area contributed by atoms with Crippen molar-refractivity contribution >= 4 is 11.6 Å². The number of furan rings is 1. The highest BCUT2D eigenvalue weighted by Crippen LogP contribution is 2.42. The first kappa shape index (κ1) is 16.3. The van der Waals surface area contributed by atoms with E-state index in [1.807, 2.05) is 6.92 Å². The van der Waals surface area contributed by atoms with E-state index in [0.29, 0.717) is 5.56 Å². The molecule has 3 rings (SSSR count). The minimum absolute atomic E-state index is 0.0327. The third kappa shape index (κ3) is 2.58. The number of hydrogen-bond acceptors (Lipinski definition) is 4. The largest absolute Gasteiger partial charge is 0.459 e. The monoisotopic (exact) mass is 338 g/mol. The number of hydrazone groups is 1. The molecule has 24 heavy (non-hydrogen) atoms. The summed E-state index contributed by atoms with van der Waals surface area (Å²) < 4.78 is 45.0. The van der Waals surface area contributed by atoms with Gasteiger partial charge in [-0.15, -0.1) is 0 Å². The molecule has 1 aromatic carbocycles. The van der Waals surface area contributed by atoms with E-state index in [9.17, 15) is 23.1 Å². The van der Waals surface area contributed by atoms with Crippen LogP contribution in [0, 0.1) is 6.92 Å². The van der Waals surface area contributed by atoms with Gasteiger partial charge in [-0.25, -0.2) is 0 Å². The fourth-order valence-electron chi connectivity index (χ4n) is 2.39. The molecule has 0 saturated heterocycles. The van der Waals surface area contributed by atoms with Gasteiger partial charge in [-0.05, 0) is 24.6 Å². The first-order chi connectivity index (χ1) is 11.2. The molecule has 0 fully saturated rings. The average molecular weight is 338 g/mol. The number of alkyl halides is 3. The van der Waals surface area contributed by atoms with Crippen LogP contribution in [0.25, 0.3) is 0 Å². The van der Waals surface area contributed by atoms with Crippen LogP contribution in [0.15, 0.2) is 52.2 Å². The van der Waals surface area contributed by atoms with E-state index in [2.05, 4.69) is 5.10 Å². The van der Waals surface area contributed by atoms with Gasteiger partial charge in [-0.2, -0.15) is 23.3 Å². The molecule has 0 radical (unpaired) electrons. The lowest BCUT2D eigenvalue weighted by Crippen LogP contribution is -2.56. The molecule has 1 aromatic heterocycles. The molecule has 1 atom stereocenters. The summed E-state index contributed by atoms with van der Waals surface area (Å²) in [6.07, 6.45) is -4.78. The van der Waals surface area contributed by atoms with Crippen molar-refractivity contribution < 1.29 is 27.5 Å². The number of amides is 1. The van der Waals surface area contributed by atoms with E-state index in [1.165, 1.54) is 12.1 Å². The van der Waals surface area contributed by atoms with Crippen LogP contribution >= 0.6 is 0 Å². The highest BCUT2D eigenvalue weighted by Gasteiger charge is 2.63. The Hall–Kier alpha value is -2.61. The Balaban J connectivity index is 2.03. The summed E-state index contributed by atoms with van der Waals surface area (Å²) in [4.78, 5) is 12.3. The third-order valence-electron chi connectivity index (χ3n) is 3.75. The average Bonchev–Trinajstić information content (AvgIpc) is 3.15. The van der Waals surface area contributed by atoms with Gasteiger partial charge in [0.1, 0.15) is 0 Å². The maximum Gasteiger partial charge on any atom is 0.438 e. The van der Waals surface area contributed by atoms with Crippen LogP contribution < -0.4 is 0 Å². The SMILES string of the molecule is Cc1ccc(C2=NN(C(=O)c3ccco3)C(O)(C(F)(F)F)C2)cc1. The summed E-state index contributed by atoms with van der Waals surface area (Å²) in [7, 11) is 0. The summed E-state index contributed by atoms with van der Waals surface area (Å²) in [5.74, 6) is -1.51. The summed E-state index contributed by atoms with van der Waals surface area (Å²) in [6, 6.07) is 9.17. The van der Waals surface area contributed by atoms with Crippen LogP contribution in [-0.2, 0) is 0 Å². The molecule has 0 spiro atoms. The Morgan fingerprint density at radius 2 is 1.96 bits per heavy atom. The second kappa shape index (κ2) is 5.48. The predicted octanol–water partition coefficient (Wildman–Crippen LogP) is 3.09. The van der Waals surface area contributed by atoms with Gasteiger partial charge < -0.3 is 9.52 Å². The lowest BCUT2D eigenvalue weighted by Gasteiger charge is -2.31. The van der Waals surface area contributed by atoms with E-state index in [0.717, 1.165) is 11.8 Å². The molecule has 1 aliphatic rings. The van der Waals surface area contributed by atoms with Crippen LogP contribution in [0.1, 0.15) is 28.1 Å². The van der Waals surface area contributed by atoms with Crippen LogP contribution in [-0.4, -0.2) is 33.6 Å². The van der Waals surface area contributed by atoms with Crippen LogP contribution in [0.2, 0.25) is 0 Å². The third-order valence-corrected chi connectivity index (χ3v) is 3.75. The molecule has 0 bridgehead atoms. The Labute approximate surface area is 135 Å². The van der Waals surface area contributed by atoms with Crippen molar-refractivity contribution in [2.75, 3.05) is 0 Å². The molecule has 1 N–H and O–H groups in total. The van der Waals surface area contributed by atoms with Gasteiger partial charge >= 0.3 is 12.1 Å². The first-order valence-electron chi connectivity index (χ1n) is 7.04. The van der Waals surface area contributed by atoms with E-state index in [-0.39, 0.29) is 16.5 Å².